The van der Waals surface area contributed by atoms with Crippen LogP contribution < -0.4 is 0 Å². The number of rotatable bonds is 3. The molecule has 7 heteroatoms. The minimum Gasteiger partial charge on any atom is -0.481 e. The van der Waals surface area contributed by atoms with Crippen LogP contribution in [0.1, 0.15) is 10.6 Å². The van der Waals surface area contributed by atoms with E-state index >= 15 is 0 Å². The van der Waals surface area contributed by atoms with Gasteiger partial charge in [0.25, 0.3) is 0 Å². The van der Waals surface area contributed by atoms with Crippen molar-refractivity contribution in [3.63, 3.8) is 0 Å². The van der Waals surface area contributed by atoms with Crippen LogP contribution in [0.3, 0.4) is 0 Å². The number of benzene rings is 1. The summed E-state index contributed by atoms with van der Waals surface area (Å²) in [6.45, 7) is 2.00. The number of carboxylic acid groups (broad SMARTS) is 1. The maximum atomic E-state index is 10.7. The molecule has 96 valence electrons. The van der Waals surface area contributed by atoms with Crippen LogP contribution >= 0.6 is 11.3 Å². The first kappa shape index (κ1) is 11.8. The van der Waals surface area contributed by atoms with Crippen molar-refractivity contribution < 1.29 is 9.90 Å². The maximum Gasteiger partial charge on any atom is 0.310 e. The van der Waals surface area contributed by atoms with Crippen LogP contribution in [0.25, 0.3) is 16.3 Å². The quantitative estimate of drug-likeness (QED) is 0.787. The first-order valence-electron chi connectivity index (χ1n) is 5.63. The van der Waals surface area contributed by atoms with Crippen LogP contribution in [0.4, 0.5) is 0 Å². The van der Waals surface area contributed by atoms with E-state index in [-0.39, 0.29) is 6.42 Å². The third-order valence-electron chi connectivity index (χ3n) is 2.61. The van der Waals surface area contributed by atoms with Crippen molar-refractivity contribution in [2.45, 2.75) is 13.3 Å². The Morgan fingerprint density at radius 2 is 2.26 bits per heavy atom. The lowest BCUT2D eigenvalue weighted by molar-refractivity contribution is -0.136. The minimum atomic E-state index is -0.901. The summed E-state index contributed by atoms with van der Waals surface area (Å²) in [6.07, 6.45) is -0.0959. The van der Waals surface area contributed by atoms with Gasteiger partial charge in [-0.3, -0.25) is 4.79 Å². The van der Waals surface area contributed by atoms with E-state index in [0.29, 0.717) is 15.8 Å². The van der Waals surface area contributed by atoms with E-state index in [1.807, 2.05) is 31.2 Å². The lowest BCUT2D eigenvalue weighted by Gasteiger charge is -1.98. The summed E-state index contributed by atoms with van der Waals surface area (Å²) in [7, 11) is 0. The standard InChI is InChI=1S/C12H10N4O2S/c1-7-3-2-4-8(5-7)11-13-14-12-16(11)15-9(19-12)6-10(17)18/h2-5H,6H2,1H3,(H,17,18). The van der Waals surface area contributed by atoms with Crippen LogP contribution in [-0.4, -0.2) is 30.9 Å². The molecule has 0 atom stereocenters. The van der Waals surface area contributed by atoms with Gasteiger partial charge in [0, 0.05) is 5.56 Å². The van der Waals surface area contributed by atoms with E-state index in [1.165, 1.54) is 11.3 Å². The average Bonchev–Trinajstić information content (AvgIpc) is 2.87. The van der Waals surface area contributed by atoms with E-state index in [4.69, 9.17) is 5.11 Å². The van der Waals surface area contributed by atoms with Gasteiger partial charge in [-0.05, 0) is 13.0 Å². The van der Waals surface area contributed by atoms with Gasteiger partial charge in [0.15, 0.2) is 5.82 Å². The molecule has 0 saturated heterocycles. The molecular formula is C12H10N4O2S. The number of carbonyl (C=O) groups is 1. The molecule has 0 spiro atoms. The lowest BCUT2D eigenvalue weighted by atomic mass is 10.1. The Labute approximate surface area is 112 Å². The molecule has 0 bridgehead atoms. The highest BCUT2D eigenvalue weighted by atomic mass is 32.1. The molecule has 2 heterocycles. The Bertz CT molecular complexity index is 762. The van der Waals surface area contributed by atoms with E-state index in [9.17, 15) is 4.79 Å². The lowest BCUT2D eigenvalue weighted by Crippen LogP contribution is -2.00. The smallest absolute Gasteiger partial charge is 0.310 e. The van der Waals surface area contributed by atoms with E-state index in [2.05, 4.69) is 15.3 Å². The summed E-state index contributed by atoms with van der Waals surface area (Å²) < 4.78 is 1.59. The first-order chi connectivity index (χ1) is 9.13. The monoisotopic (exact) mass is 274 g/mol. The highest BCUT2D eigenvalue weighted by Crippen LogP contribution is 2.22. The molecule has 0 aliphatic heterocycles. The van der Waals surface area contributed by atoms with E-state index in [1.54, 1.807) is 4.52 Å². The van der Waals surface area contributed by atoms with Crippen LogP contribution in [0.15, 0.2) is 24.3 Å². The largest absolute Gasteiger partial charge is 0.481 e. The molecule has 0 unspecified atom stereocenters. The van der Waals surface area contributed by atoms with Crippen LogP contribution in [0.2, 0.25) is 0 Å². The molecule has 3 rings (SSSR count). The summed E-state index contributed by atoms with van der Waals surface area (Å²) >= 11 is 1.24. The molecule has 3 aromatic rings. The first-order valence-corrected chi connectivity index (χ1v) is 6.45. The Balaban J connectivity index is 2.09. The van der Waals surface area contributed by atoms with Gasteiger partial charge in [-0.1, -0.05) is 35.1 Å². The van der Waals surface area contributed by atoms with Crippen molar-refractivity contribution in [2.24, 2.45) is 0 Å². The van der Waals surface area contributed by atoms with Crippen molar-refractivity contribution in [2.75, 3.05) is 0 Å². The number of hydrogen-bond acceptors (Lipinski definition) is 5. The second-order valence-corrected chi connectivity index (χ2v) is 5.19. The summed E-state index contributed by atoms with van der Waals surface area (Å²) in [5.41, 5.74) is 2.04. The fourth-order valence-corrected chi connectivity index (χ4v) is 2.65. The normalized spacial score (nSPS) is 11.0. The molecule has 2 aromatic heterocycles. The molecule has 19 heavy (non-hydrogen) atoms. The minimum absolute atomic E-state index is 0.0959. The number of aryl methyl sites for hydroxylation is 1. The fraction of sp³-hybridized carbons (Fsp3) is 0.167. The van der Waals surface area contributed by atoms with Crippen molar-refractivity contribution in [3.8, 4) is 11.4 Å². The topological polar surface area (TPSA) is 80.4 Å². The highest BCUT2D eigenvalue weighted by molar-refractivity contribution is 7.16. The van der Waals surface area contributed by atoms with Gasteiger partial charge in [0.2, 0.25) is 4.96 Å². The second-order valence-electron chi connectivity index (χ2n) is 4.15. The van der Waals surface area contributed by atoms with Gasteiger partial charge < -0.3 is 5.11 Å². The summed E-state index contributed by atoms with van der Waals surface area (Å²) in [6, 6.07) is 7.86. The van der Waals surface area contributed by atoms with Crippen LogP contribution in [-0.2, 0) is 11.2 Å². The SMILES string of the molecule is Cc1cccc(-c2nnc3sc(CC(=O)O)nn23)c1. The Kier molecular flexibility index (Phi) is 2.75. The maximum absolute atomic E-state index is 10.7. The number of fused-ring (bicyclic) bond motifs is 1. The van der Waals surface area contributed by atoms with Gasteiger partial charge in [0.05, 0.1) is 6.42 Å². The van der Waals surface area contributed by atoms with Gasteiger partial charge in [-0.25, -0.2) is 0 Å². The third kappa shape index (κ3) is 2.19. The fourth-order valence-electron chi connectivity index (χ4n) is 1.82. The highest BCUT2D eigenvalue weighted by Gasteiger charge is 2.14. The zero-order valence-electron chi connectivity index (χ0n) is 10.1. The molecule has 0 amide bonds. The number of aromatic nitrogens is 4. The Morgan fingerprint density at radius 3 is 3.00 bits per heavy atom. The summed E-state index contributed by atoms with van der Waals surface area (Å²) in [5.74, 6) is -0.270. The molecule has 6 nitrogen and oxygen atoms in total. The molecule has 0 radical (unpaired) electrons. The van der Waals surface area contributed by atoms with Crippen LogP contribution in [0, 0.1) is 6.92 Å². The number of carboxylic acids is 1. The van der Waals surface area contributed by atoms with Gasteiger partial charge >= 0.3 is 5.97 Å². The number of aliphatic carboxylic acids is 1. The van der Waals surface area contributed by atoms with Crippen LogP contribution in [0.5, 0.6) is 0 Å². The molecule has 0 fully saturated rings. The molecule has 1 N–H and O–H groups in total. The molecule has 0 saturated carbocycles. The van der Waals surface area contributed by atoms with Crippen molar-refractivity contribution >= 4 is 22.3 Å². The van der Waals surface area contributed by atoms with Crippen molar-refractivity contribution in [1.29, 1.82) is 0 Å². The summed E-state index contributed by atoms with van der Waals surface area (Å²) in [5, 5.41) is 21.7. The molecule has 0 aliphatic carbocycles. The number of nitrogens with zero attached hydrogens (tertiary/aromatic N) is 4. The summed E-state index contributed by atoms with van der Waals surface area (Å²) in [4.78, 5) is 11.3. The van der Waals surface area contributed by atoms with Gasteiger partial charge in [-0.15, -0.1) is 10.2 Å². The Morgan fingerprint density at radius 1 is 1.42 bits per heavy atom. The predicted octanol–water partition coefficient (Wildman–Crippen LogP) is 1.79. The molecule has 1 aromatic carbocycles. The zero-order valence-corrected chi connectivity index (χ0v) is 10.9. The van der Waals surface area contributed by atoms with Gasteiger partial charge in [-0.2, -0.15) is 9.61 Å². The van der Waals surface area contributed by atoms with Crippen molar-refractivity contribution in [1.82, 2.24) is 19.8 Å². The Hall–Kier alpha value is -2.28. The van der Waals surface area contributed by atoms with Crippen molar-refractivity contribution in [3.05, 3.63) is 34.8 Å². The third-order valence-corrected chi connectivity index (χ3v) is 3.51. The van der Waals surface area contributed by atoms with E-state index in [0.717, 1.165) is 11.1 Å². The average molecular weight is 274 g/mol. The molecular weight excluding hydrogens is 264 g/mol. The second kappa shape index (κ2) is 4.43. The van der Waals surface area contributed by atoms with Gasteiger partial charge in [0.1, 0.15) is 5.01 Å². The number of hydrogen-bond donors (Lipinski definition) is 1. The van der Waals surface area contributed by atoms with E-state index < -0.39 is 5.97 Å². The molecule has 0 aliphatic rings. The predicted molar refractivity (Wildman–Crippen MR) is 70.2 cm³/mol. The zero-order chi connectivity index (χ0) is 13.4.